The molecule has 0 aliphatic rings. The Balaban J connectivity index is 1.15. The van der Waals surface area contributed by atoms with Gasteiger partial charge in [-0.25, -0.2) is 0 Å². The van der Waals surface area contributed by atoms with E-state index in [1.807, 2.05) is 22.7 Å². The van der Waals surface area contributed by atoms with E-state index in [1.54, 1.807) is 0 Å². The van der Waals surface area contributed by atoms with Crippen LogP contribution in [-0.4, -0.2) is 0 Å². The summed E-state index contributed by atoms with van der Waals surface area (Å²) < 4.78 is 5.17. The highest BCUT2D eigenvalue weighted by Crippen LogP contribution is 2.46. The molecule has 10 rings (SSSR count). The van der Waals surface area contributed by atoms with Crippen LogP contribution in [0.4, 0.5) is 34.1 Å². The molecule has 2 nitrogen and oxygen atoms in total. The van der Waals surface area contributed by atoms with E-state index in [0.717, 1.165) is 28.4 Å². The van der Waals surface area contributed by atoms with Gasteiger partial charge in [0.05, 0.1) is 5.69 Å². The van der Waals surface area contributed by atoms with Gasteiger partial charge in [0.25, 0.3) is 0 Å². The van der Waals surface area contributed by atoms with Gasteiger partial charge >= 0.3 is 0 Å². The van der Waals surface area contributed by atoms with Crippen LogP contribution in [0.25, 0.3) is 51.1 Å². The monoisotopic (exact) mass is 674 g/mol. The van der Waals surface area contributed by atoms with Gasteiger partial charge in [0.2, 0.25) is 0 Å². The first kappa shape index (κ1) is 29.0. The zero-order chi connectivity index (χ0) is 33.0. The van der Waals surface area contributed by atoms with Crippen molar-refractivity contribution in [2.75, 3.05) is 9.80 Å². The lowest BCUT2D eigenvalue weighted by atomic mass is 10.0. The molecule has 0 spiro atoms. The van der Waals surface area contributed by atoms with Gasteiger partial charge in [-0.2, -0.15) is 0 Å². The van der Waals surface area contributed by atoms with Gasteiger partial charge < -0.3 is 9.80 Å². The summed E-state index contributed by atoms with van der Waals surface area (Å²) in [4.78, 5) is 4.78. The van der Waals surface area contributed by atoms with Crippen LogP contribution in [0, 0.1) is 0 Å². The van der Waals surface area contributed by atoms with Crippen LogP contribution < -0.4 is 9.80 Å². The second kappa shape index (κ2) is 11.9. The molecule has 4 heteroatoms. The van der Waals surface area contributed by atoms with E-state index in [-0.39, 0.29) is 0 Å². The van der Waals surface area contributed by atoms with Gasteiger partial charge in [0.1, 0.15) is 0 Å². The molecular weight excluding hydrogens is 645 g/mol. The second-order valence-electron chi connectivity index (χ2n) is 12.6. The number of fused-ring (bicyclic) bond motifs is 7. The highest BCUT2D eigenvalue weighted by atomic mass is 32.1. The Morgan fingerprint density at radius 1 is 0.280 bits per heavy atom. The van der Waals surface area contributed by atoms with Crippen LogP contribution >= 0.6 is 22.7 Å². The molecule has 0 bridgehead atoms. The standard InChI is InChI=1S/C46H30N2S2/c1-3-14-32(15-4-1)47(33-16-5-2-6-17-33)35-22-26-40-41-28-34(24-27-44(41)50-46(40)29-35)48(42-20-11-13-31-12-7-8-18-37(31)42)36-23-25-39-38-19-9-10-21-43(38)49-45(39)30-36/h1-30H. The van der Waals surface area contributed by atoms with Crippen molar-refractivity contribution < 1.29 is 0 Å². The third-order valence-corrected chi connectivity index (χ3v) is 11.9. The summed E-state index contributed by atoms with van der Waals surface area (Å²) >= 11 is 3.72. The largest absolute Gasteiger partial charge is 0.310 e. The molecule has 10 aromatic rings. The fraction of sp³-hybridized carbons (Fsp3) is 0. The zero-order valence-corrected chi connectivity index (χ0v) is 28.7. The minimum atomic E-state index is 1.14. The molecule has 0 N–H and O–H groups in total. The molecule has 2 aromatic heterocycles. The highest BCUT2D eigenvalue weighted by molar-refractivity contribution is 7.26. The summed E-state index contributed by atoms with van der Waals surface area (Å²) in [6.07, 6.45) is 0. The first-order valence-corrected chi connectivity index (χ1v) is 18.5. The molecular formula is C46H30N2S2. The Morgan fingerprint density at radius 2 is 0.780 bits per heavy atom. The molecule has 0 unspecified atom stereocenters. The maximum atomic E-state index is 2.44. The van der Waals surface area contributed by atoms with Crippen LogP contribution in [-0.2, 0) is 0 Å². The van der Waals surface area contributed by atoms with Gasteiger partial charge in [-0.3, -0.25) is 0 Å². The summed E-state index contributed by atoms with van der Waals surface area (Å²) in [6.45, 7) is 0. The van der Waals surface area contributed by atoms with Gasteiger partial charge in [-0.1, -0.05) is 103 Å². The molecule has 0 amide bonds. The molecule has 0 aliphatic carbocycles. The number of hydrogen-bond donors (Lipinski definition) is 0. The van der Waals surface area contributed by atoms with Crippen molar-refractivity contribution in [3.05, 3.63) is 182 Å². The number of anilines is 6. The zero-order valence-electron chi connectivity index (χ0n) is 27.0. The van der Waals surface area contributed by atoms with Gasteiger partial charge in [0, 0.05) is 74.2 Å². The molecule has 0 atom stereocenters. The van der Waals surface area contributed by atoms with Crippen LogP contribution in [0.15, 0.2) is 182 Å². The molecule has 50 heavy (non-hydrogen) atoms. The molecule has 0 saturated heterocycles. The molecule has 0 aliphatic heterocycles. The fourth-order valence-corrected chi connectivity index (χ4v) is 9.58. The van der Waals surface area contributed by atoms with Crippen molar-refractivity contribution in [1.82, 2.24) is 0 Å². The smallest absolute Gasteiger partial charge is 0.0540 e. The van der Waals surface area contributed by atoms with Gasteiger partial charge in [-0.05, 0) is 84.2 Å². The summed E-state index contributed by atoms with van der Waals surface area (Å²) in [5.41, 5.74) is 6.91. The van der Waals surface area contributed by atoms with Crippen molar-refractivity contribution in [2.24, 2.45) is 0 Å². The van der Waals surface area contributed by atoms with Crippen molar-refractivity contribution in [2.45, 2.75) is 0 Å². The maximum absolute atomic E-state index is 2.44. The predicted octanol–water partition coefficient (Wildman–Crippen LogP) is 14.5. The normalized spacial score (nSPS) is 11.6. The molecule has 2 heterocycles. The van der Waals surface area contributed by atoms with E-state index in [0.29, 0.717) is 0 Å². The Hall–Kier alpha value is -5.94. The minimum Gasteiger partial charge on any atom is -0.310 e. The third kappa shape index (κ3) is 4.84. The van der Waals surface area contributed by atoms with Crippen LogP contribution in [0.3, 0.4) is 0 Å². The Kier molecular flexibility index (Phi) is 6.90. The molecule has 0 saturated carbocycles. The first-order chi connectivity index (χ1) is 24.8. The third-order valence-electron chi connectivity index (χ3n) is 9.61. The van der Waals surface area contributed by atoms with Crippen molar-refractivity contribution >= 4 is 108 Å². The quantitative estimate of drug-likeness (QED) is 0.173. The Bertz CT molecular complexity index is 2790. The van der Waals surface area contributed by atoms with E-state index in [4.69, 9.17) is 0 Å². The summed E-state index contributed by atoms with van der Waals surface area (Å²) in [6, 6.07) is 66.1. The van der Waals surface area contributed by atoms with E-state index in [9.17, 15) is 0 Å². The predicted molar refractivity (Wildman–Crippen MR) is 219 cm³/mol. The van der Waals surface area contributed by atoms with Gasteiger partial charge in [0.15, 0.2) is 0 Å². The first-order valence-electron chi connectivity index (χ1n) is 16.8. The van der Waals surface area contributed by atoms with Crippen LogP contribution in [0.1, 0.15) is 0 Å². The van der Waals surface area contributed by atoms with Crippen molar-refractivity contribution in [3.8, 4) is 0 Å². The maximum Gasteiger partial charge on any atom is 0.0540 e. The lowest BCUT2D eigenvalue weighted by Crippen LogP contribution is -2.10. The number of hydrogen-bond acceptors (Lipinski definition) is 4. The fourth-order valence-electron chi connectivity index (χ4n) is 7.32. The lowest BCUT2D eigenvalue weighted by molar-refractivity contribution is 1.29. The van der Waals surface area contributed by atoms with Gasteiger partial charge in [-0.15, -0.1) is 22.7 Å². The molecule has 236 valence electrons. The lowest BCUT2D eigenvalue weighted by Gasteiger charge is -2.27. The van der Waals surface area contributed by atoms with E-state index in [2.05, 4.69) is 192 Å². The van der Waals surface area contributed by atoms with Crippen molar-refractivity contribution in [3.63, 3.8) is 0 Å². The van der Waals surface area contributed by atoms with Crippen LogP contribution in [0.2, 0.25) is 0 Å². The number of rotatable bonds is 6. The van der Waals surface area contributed by atoms with Crippen molar-refractivity contribution in [1.29, 1.82) is 0 Å². The number of benzene rings is 8. The van der Waals surface area contributed by atoms with E-state index in [1.165, 1.54) is 56.8 Å². The Morgan fingerprint density at radius 3 is 1.50 bits per heavy atom. The Labute approximate surface area is 298 Å². The highest BCUT2D eigenvalue weighted by Gasteiger charge is 2.19. The minimum absolute atomic E-state index is 1.14. The average molecular weight is 675 g/mol. The molecule has 0 radical (unpaired) electrons. The number of nitrogens with zero attached hydrogens (tertiary/aromatic N) is 2. The molecule has 8 aromatic carbocycles. The SMILES string of the molecule is c1ccc(N(c2ccccc2)c2ccc3c(c2)sc2ccc(N(c4ccc5c(c4)sc4ccccc45)c4cccc5ccccc45)cc23)cc1. The topological polar surface area (TPSA) is 6.48 Å². The summed E-state index contributed by atoms with van der Waals surface area (Å²) in [5.74, 6) is 0. The molecule has 0 fully saturated rings. The van der Waals surface area contributed by atoms with E-state index < -0.39 is 0 Å². The second-order valence-corrected chi connectivity index (χ2v) is 14.7. The summed E-state index contributed by atoms with van der Waals surface area (Å²) in [7, 11) is 0. The number of thiophene rings is 2. The summed E-state index contributed by atoms with van der Waals surface area (Å²) in [5, 5.41) is 7.63. The number of para-hydroxylation sites is 2. The average Bonchev–Trinajstić information content (AvgIpc) is 3.73. The van der Waals surface area contributed by atoms with Crippen LogP contribution in [0.5, 0.6) is 0 Å². The van der Waals surface area contributed by atoms with E-state index >= 15 is 0 Å².